The molecule has 2 rings (SSSR count). The Bertz CT molecular complexity index is 349. The van der Waals surface area contributed by atoms with E-state index in [1.54, 1.807) is 11.3 Å². The van der Waals surface area contributed by atoms with Crippen LogP contribution in [-0.2, 0) is 5.41 Å². The molecule has 0 unspecified atom stereocenters. The van der Waals surface area contributed by atoms with Gasteiger partial charge in [0.2, 0.25) is 5.13 Å². The fraction of sp³-hybridized carbons (Fsp3) is 0.833. The zero-order valence-corrected chi connectivity index (χ0v) is 11.5. The van der Waals surface area contributed by atoms with Crippen LogP contribution in [0.2, 0.25) is 0 Å². The van der Waals surface area contributed by atoms with Crippen molar-refractivity contribution in [3.05, 3.63) is 5.01 Å². The second kappa shape index (κ2) is 4.32. The number of rotatable bonds is 4. The summed E-state index contributed by atoms with van der Waals surface area (Å²) in [6, 6.07) is 0. The first-order chi connectivity index (χ1) is 7.47. The van der Waals surface area contributed by atoms with Gasteiger partial charge in [-0.15, -0.1) is 10.2 Å². The van der Waals surface area contributed by atoms with Gasteiger partial charge < -0.3 is 4.90 Å². The first-order valence-electron chi connectivity index (χ1n) is 6.02. The van der Waals surface area contributed by atoms with E-state index in [2.05, 4.69) is 42.9 Å². The number of hydrogen-bond acceptors (Lipinski definition) is 4. The minimum absolute atomic E-state index is 0.118. The van der Waals surface area contributed by atoms with E-state index in [1.807, 2.05) is 0 Å². The lowest BCUT2D eigenvalue weighted by molar-refractivity contribution is 0.578. The van der Waals surface area contributed by atoms with Gasteiger partial charge in [-0.2, -0.15) is 0 Å². The van der Waals surface area contributed by atoms with Crippen LogP contribution in [0.4, 0.5) is 5.13 Å². The minimum Gasteiger partial charge on any atom is -0.350 e. The fourth-order valence-corrected chi connectivity index (χ4v) is 2.44. The van der Waals surface area contributed by atoms with E-state index in [0.717, 1.165) is 22.6 Å². The molecule has 4 heteroatoms. The first-order valence-corrected chi connectivity index (χ1v) is 6.83. The molecule has 1 fully saturated rings. The summed E-state index contributed by atoms with van der Waals surface area (Å²) in [7, 11) is 2.12. The second-order valence-corrected chi connectivity index (χ2v) is 6.75. The Kier molecular flexibility index (Phi) is 3.19. The molecular weight excluding hydrogens is 218 g/mol. The molecule has 0 saturated heterocycles. The van der Waals surface area contributed by atoms with Crippen molar-refractivity contribution in [2.75, 3.05) is 18.5 Å². The Hall–Kier alpha value is -0.640. The Morgan fingerprint density at radius 1 is 1.31 bits per heavy atom. The molecule has 1 aromatic rings. The SMILES string of the molecule is CN(CCC1CC1)c1nnc(C(C)(C)C)s1. The molecule has 90 valence electrons. The maximum atomic E-state index is 4.28. The van der Waals surface area contributed by atoms with E-state index in [1.165, 1.54) is 19.3 Å². The third-order valence-corrected chi connectivity index (χ3v) is 4.42. The van der Waals surface area contributed by atoms with Crippen LogP contribution in [0.3, 0.4) is 0 Å². The predicted molar refractivity (Wildman–Crippen MR) is 69.2 cm³/mol. The van der Waals surface area contributed by atoms with Crippen LogP contribution in [0, 0.1) is 5.92 Å². The standard InChI is InChI=1S/C12H21N3S/c1-12(2,3)10-13-14-11(16-10)15(4)8-7-9-5-6-9/h9H,5-8H2,1-4H3. The van der Waals surface area contributed by atoms with Crippen LogP contribution >= 0.6 is 11.3 Å². The van der Waals surface area contributed by atoms with Gasteiger partial charge in [0.05, 0.1) is 0 Å². The zero-order valence-electron chi connectivity index (χ0n) is 10.7. The highest BCUT2D eigenvalue weighted by Gasteiger charge is 2.23. The molecule has 16 heavy (non-hydrogen) atoms. The van der Waals surface area contributed by atoms with E-state index in [9.17, 15) is 0 Å². The van der Waals surface area contributed by atoms with Gasteiger partial charge >= 0.3 is 0 Å². The van der Waals surface area contributed by atoms with Gasteiger partial charge in [0.1, 0.15) is 5.01 Å². The molecule has 1 aliphatic carbocycles. The lowest BCUT2D eigenvalue weighted by atomic mass is 9.98. The van der Waals surface area contributed by atoms with Gasteiger partial charge in [-0.05, 0) is 12.3 Å². The molecule has 1 aromatic heterocycles. The molecule has 3 nitrogen and oxygen atoms in total. The summed E-state index contributed by atoms with van der Waals surface area (Å²) in [5.74, 6) is 0.984. The summed E-state index contributed by atoms with van der Waals surface area (Å²) in [6.45, 7) is 7.66. The van der Waals surface area contributed by atoms with Crippen molar-refractivity contribution in [2.24, 2.45) is 5.92 Å². The summed E-state index contributed by atoms with van der Waals surface area (Å²) in [6.07, 6.45) is 4.16. The average Bonchev–Trinajstić information content (AvgIpc) is 2.86. The highest BCUT2D eigenvalue weighted by atomic mass is 32.1. The van der Waals surface area contributed by atoms with Crippen molar-refractivity contribution in [2.45, 2.75) is 45.4 Å². The summed E-state index contributed by atoms with van der Waals surface area (Å²) in [5.41, 5.74) is 0.118. The summed E-state index contributed by atoms with van der Waals surface area (Å²) < 4.78 is 0. The van der Waals surface area contributed by atoms with Crippen molar-refractivity contribution >= 4 is 16.5 Å². The largest absolute Gasteiger partial charge is 0.350 e. The molecule has 0 aromatic carbocycles. The van der Waals surface area contributed by atoms with E-state index in [4.69, 9.17) is 0 Å². The van der Waals surface area contributed by atoms with Gasteiger partial charge in [-0.25, -0.2) is 0 Å². The van der Waals surface area contributed by atoms with Crippen molar-refractivity contribution in [1.82, 2.24) is 10.2 Å². The van der Waals surface area contributed by atoms with Gasteiger partial charge in [0, 0.05) is 19.0 Å². The van der Waals surface area contributed by atoms with Crippen molar-refractivity contribution in [1.29, 1.82) is 0 Å². The highest BCUT2D eigenvalue weighted by molar-refractivity contribution is 7.15. The van der Waals surface area contributed by atoms with Gasteiger partial charge in [0.15, 0.2) is 0 Å². The zero-order chi connectivity index (χ0) is 11.8. The van der Waals surface area contributed by atoms with Crippen LogP contribution in [0.5, 0.6) is 0 Å². The Morgan fingerprint density at radius 2 is 2.00 bits per heavy atom. The average molecular weight is 239 g/mol. The van der Waals surface area contributed by atoms with Crippen molar-refractivity contribution in [3.63, 3.8) is 0 Å². The van der Waals surface area contributed by atoms with Crippen LogP contribution in [0.25, 0.3) is 0 Å². The van der Waals surface area contributed by atoms with E-state index in [0.29, 0.717) is 0 Å². The smallest absolute Gasteiger partial charge is 0.208 e. The van der Waals surface area contributed by atoms with Gasteiger partial charge in [-0.1, -0.05) is 44.9 Å². The molecule has 0 spiro atoms. The molecule has 1 heterocycles. The molecule has 0 radical (unpaired) electrons. The van der Waals surface area contributed by atoms with Crippen LogP contribution < -0.4 is 4.90 Å². The second-order valence-electron chi connectivity index (χ2n) is 5.79. The summed E-state index contributed by atoms with van der Waals surface area (Å²) in [4.78, 5) is 2.24. The van der Waals surface area contributed by atoms with Gasteiger partial charge in [0.25, 0.3) is 0 Å². The third-order valence-electron chi connectivity index (χ3n) is 2.95. The first kappa shape index (κ1) is 11.8. The molecular formula is C12H21N3S. The molecule has 0 aliphatic heterocycles. The molecule has 0 N–H and O–H groups in total. The van der Waals surface area contributed by atoms with Crippen LogP contribution in [0.1, 0.15) is 45.0 Å². The quantitative estimate of drug-likeness (QED) is 0.808. The molecule has 0 bridgehead atoms. The maximum absolute atomic E-state index is 4.28. The summed E-state index contributed by atoms with van der Waals surface area (Å²) >= 11 is 1.72. The van der Waals surface area contributed by atoms with Crippen LogP contribution in [-0.4, -0.2) is 23.8 Å². The number of anilines is 1. The maximum Gasteiger partial charge on any atom is 0.208 e. The van der Waals surface area contributed by atoms with E-state index in [-0.39, 0.29) is 5.41 Å². The highest BCUT2D eigenvalue weighted by Crippen LogP contribution is 2.34. The van der Waals surface area contributed by atoms with E-state index < -0.39 is 0 Å². The third kappa shape index (κ3) is 2.94. The number of aromatic nitrogens is 2. The minimum atomic E-state index is 0.118. The van der Waals surface area contributed by atoms with Gasteiger partial charge in [-0.3, -0.25) is 0 Å². The lowest BCUT2D eigenvalue weighted by Gasteiger charge is -2.15. The molecule has 1 saturated carbocycles. The summed E-state index contributed by atoms with van der Waals surface area (Å²) in [5, 5.41) is 10.7. The predicted octanol–water partition coefficient (Wildman–Crippen LogP) is 3.07. The molecule has 0 amide bonds. The number of nitrogens with zero attached hydrogens (tertiary/aromatic N) is 3. The fourth-order valence-electron chi connectivity index (χ4n) is 1.55. The van der Waals surface area contributed by atoms with E-state index >= 15 is 0 Å². The van der Waals surface area contributed by atoms with Crippen molar-refractivity contribution in [3.8, 4) is 0 Å². The van der Waals surface area contributed by atoms with Crippen LogP contribution in [0.15, 0.2) is 0 Å². The normalized spacial score (nSPS) is 16.5. The lowest BCUT2D eigenvalue weighted by Crippen LogP contribution is -2.18. The van der Waals surface area contributed by atoms with Crippen molar-refractivity contribution < 1.29 is 0 Å². The monoisotopic (exact) mass is 239 g/mol. The Balaban J connectivity index is 1.94. The molecule has 1 aliphatic rings. The number of hydrogen-bond donors (Lipinski definition) is 0. The topological polar surface area (TPSA) is 29.0 Å². The molecule has 0 atom stereocenters. The Labute approximate surface area is 102 Å². The Morgan fingerprint density at radius 3 is 2.50 bits per heavy atom.